The maximum Gasteiger partial charge on any atom is 0.332 e. The van der Waals surface area contributed by atoms with Crippen molar-refractivity contribution in [3.8, 4) is 5.75 Å². The fourth-order valence-corrected chi connectivity index (χ4v) is 4.40. The lowest BCUT2D eigenvalue weighted by Crippen LogP contribution is -2.50. The molecular weight excluding hydrogens is 508 g/mol. The van der Waals surface area contributed by atoms with E-state index in [-0.39, 0.29) is 23.6 Å². The monoisotopic (exact) mass is 548 g/mol. The number of phenolic OH excluding ortho intramolecular Hbond substituents is 1. The van der Waals surface area contributed by atoms with Gasteiger partial charge in [-0.2, -0.15) is 0 Å². The standard InChI is InChI=1S/C28H40N2O9/c1-6-7-8-9-11-20-25(39-22(32)14-16(2)3)18(5)38-28(36)23(17(4)37-27(20)35)30-26(34)19-12-10-13-21(24(19)33)29-15-31/h10,12-13,15-18,20,23,25,33H,6-9,11,14H2,1-5H3,(H,29,31)(H,30,34)/t17-,18-,20+,23+,25-/m0/s1. The summed E-state index contributed by atoms with van der Waals surface area (Å²) in [6.45, 7) is 8.77. The minimum absolute atomic E-state index is 0.000221. The first-order chi connectivity index (χ1) is 18.5. The van der Waals surface area contributed by atoms with Gasteiger partial charge in [-0.15, -0.1) is 0 Å². The number of hydrogen-bond donors (Lipinski definition) is 3. The van der Waals surface area contributed by atoms with E-state index >= 15 is 0 Å². The Kier molecular flexibility index (Phi) is 12.2. The fraction of sp³-hybridized carbons (Fsp3) is 0.607. The molecule has 3 N–H and O–H groups in total. The first-order valence-electron chi connectivity index (χ1n) is 13.4. The second kappa shape index (κ2) is 15.1. The Bertz CT molecular complexity index is 1030. The predicted octanol–water partition coefficient (Wildman–Crippen LogP) is 3.48. The molecule has 2 rings (SSSR count). The van der Waals surface area contributed by atoms with Gasteiger partial charge in [0.2, 0.25) is 6.41 Å². The molecule has 0 aliphatic carbocycles. The van der Waals surface area contributed by atoms with Gasteiger partial charge >= 0.3 is 17.9 Å². The Hall–Kier alpha value is -3.63. The lowest BCUT2D eigenvalue weighted by atomic mass is 9.92. The topological polar surface area (TPSA) is 157 Å². The van der Waals surface area contributed by atoms with Gasteiger partial charge in [0, 0.05) is 6.42 Å². The molecule has 1 aliphatic rings. The van der Waals surface area contributed by atoms with Crippen LogP contribution in [-0.4, -0.2) is 59.7 Å². The zero-order chi connectivity index (χ0) is 29.1. The van der Waals surface area contributed by atoms with Crippen LogP contribution in [0.2, 0.25) is 0 Å². The number of phenols is 1. The van der Waals surface area contributed by atoms with Crippen molar-refractivity contribution in [2.45, 2.75) is 97.5 Å². The van der Waals surface area contributed by atoms with Crippen LogP contribution in [0.4, 0.5) is 5.69 Å². The van der Waals surface area contributed by atoms with Crippen LogP contribution in [0.25, 0.3) is 0 Å². The third-order valence-corrected chi connectivity index (χ3v) is 6.48. The second-order valence-corrected chi connectivity index (χ2v) is 10.2. The average molecular weight is 549 g/mol. The molecule has 0 aromatic heterocycles. The quantitative estimate of drug-likeness (QED) is 0.117. The van der Waals surface area contributed by atoms with Crippen molar-refractivity contribution in [2.75, 3.05) is 5.32 Å². The minimum atomic E-state index is -1.42. The van der Waals surface area contributed by atoms with E-state index in [1.54, 1.807) is 0 Å². The molecule has 1 aromatic rings. The molecule has 0 spiro atoms. The molecule has 0 unspecified atom stereocenters. The van der Waals surface area contributed by atoms with Gasteiger partial charge in [-0.25, -0.2) is 4.79 Å². The van der Waals surface area contributed by atoms with Crippen molar-refractivity contribution < 1.29 is 43.3 Å². The number of carbonyl (C=O) groups excluding carboxylic acids is 5. The van der Waals surface area contributed by atoms with Crippen LogP contribution in [0.5, 0.6) is 5.75 Å². The largest absolute Gasteiger partial charge is 0.505 e. The molecule has 11 heteroatoms. The number of ether oxygens (including phenoxy) is 3. The zero-order valence-electron chi connectivity index (χ0n) is 23.2. The molecule has 1 saturated heterocycles. The number of aromatic hydroxyl groups is 1. The highest BCUT2D eigenvalue weighted by atomic mass is 16.6. The van der Waals surface area contributed by atoms with E-state index in [2.05, 4.69) is 17.6 Å². The van der Waals surface area contributed by atoms with Crippen LogP contribution in [-0.2, 0) is 33.4 Å². The summed E-state index contributed by atoms with van der Waals surface area (Å²) in [5, 5.41) is 15.1. The van der Waals surface area contributed by atoms with Gasteiger partial charge < -0.3 is 30.0 Å². The molecular formula is C28H40N2O9. The first-order valence-corrected chi connectivity index (χ1v) is 13.4. The highest BCUT2D eigenvalue weighted by Crippen LogP contribution is 2.29. The van der Waals surface area contributed by atoms with Crippen molar-refractivity contribution in [3.63, 3.8) is 0 Å². The highest BCUT2D eigenvalue weighted by Gasteiger charge is 2.44. The summed E-state index contributed by atoms with van der Waals surface area (Å²) >= 11 is 0. The van der Waals surface area contributed by atoms with E-state index in [9.17, 15) is 29.1 Å². The molecule has 1 aromatic carbocycles. The molecule has 1 heterocycles. The van der Waals surface area contributed by atoms with Crippen molar-refractivity contribution in [3.05, 3.63) is 23.8 Å². The van der Waals surface area contributed by atoms with Crippen molar-refractivity contribution >= 4 is 35.9 Å². The van der Waals surface area contributed by atoms with Crippen molar-refractivity contribution in [2.24, 2.45) is 11.8 Å². The number of benzene rings is 1. The number of esters is 3. The molecule has 39 heavy (non-hydrogen) atoms. The Morgan fingerprint density at radius 3 is 2.41 bits per heavy atom. The third-order valence-electron chi connectivity index (χ3n) is 6.48. The molecule has 1 fully saturated rings. The predicted molar refractivity (Wildman–Crippen MR) is 142 cm³/mol. The maximum atomic E-state index is 13.4. The molecule has 0 radical (unpaired) electrons. The summed E-state index contributed by atoms with van der Waals surface area (Å²) in [7, 11) is 0. The number of para-hydroxylation sites is 1. The molecule has 216 valence electrons. The zero-order valence-corrected chi connectivity index (χ0v) is 23.2. The second-order valence-electron chi connectivity index (χ2n) is 10.2. The fourth-order valence-electron chi connectivity index (χ4n) is 4.40. The van der Waals surface area contributed by atoms with Crippen LogP contribution in [0.1, 0.15) is 83.5 Å². The lowest BCUT2D eigenvalue weighted by Gasteiger charge is -2.29. The molecule has 0 saturated carbocycles. The van der Waals surface area contributed by atoms with E-state index in [1.807, 2.05) is 13.8 Å². The molecule has 0 bridgehead atoms. The molecule has 5 atom stereocenters. The number of unbranched alkanes of at least 4 members (excludes halogenated alkanes) is 3. The maximum absolute atomic E-state index is 13.4. The van der Waals surface area contributed by atoms with E-state index in [1.165, 1.54) is 32.0 Å². The average Bonchev–Trinajstić information content (AvgIpc) is 2.88. The van der Waals surface area contributed by atoms with Gasteiger partial charge in [0.15, 0.2) is 17.9 Å². The smallest absolute Gasteiger partial charge is 0.332 e. The normalized spacial score (nSPS) is 23.5. The van der Waals surface area contributed by atoms with Gasteiger partial charge in [-0.3, -0.25) is 19.2 Å². The van der Waals surface area contributed by atoms with Crippen LogP contribution in [0.15, 0.2) is 18.2 Å². The Morgan fingerprint density at radius 2 is 1.77 bits per heavy atom. The highest BCUT2D eigenvalue weighted by molar-refractivity contribution is 6.01. The van der Waals surface area contributed by atoms with E-state index in [4.69, 9.17) is 14.2 Å². The van der Waals surface area contributed by atoms with Crippen molar-refractivity contribution in [1.29, 1.82) is 0 Å². The van der Waals surface area contributed by atoms with E-state index < -0.39 is 59.8 Å². The summed E-state index contributed by atoms with van der Waals surface area (Å²) in [5.41, 5.74) is -0.213. The minimum Gasteiger partial charge on any atom is -0.505 e. The molecule has 2 amide bonds. The third kappa shape index (κ3) is 8.97. The summed E-state index contributed by atoms with van der Waals surface area (Å²) in [5.74, 6) is -4.26. The van der Waals surface area contributed by atoms with Gasteiger partial charge in [0.05, 0.1) is 17.2 Å². The van der Waals surface area contributed by atoms with Gasteiger partial charge in [0.25, 0.3) is 5.91 Å². The molecule has 11 nitrogen and oxygen atoms in total. The van der Waals surface area contributed by atoms with Gasteiger partial charge in [0.1, 0.15) is 12.2 Å². The number of cyclic esters (lactones) is 2. The van der Waals surface area contributed by atoms with Crippen LogP contribution < -0.4 is 10.6 Å². The van der Waals surface area contributed by atoms with Gasteiger partial charge in [-0.05, 0) is 38.3 Å². The number of rotatable bonds is 12. The summed E-state index contributed by atoms with van der Waals surface area (Å²) in [6.07, 6.45) is 1.17. The SMILES string of the molecule is CCCCCC[C@H]1C(=O)O[C@@H](C)[C@@H](NC(=O)c2cccc(NC=O)c2O)C(=O)O[C@@H](C)[C@@H]1OC(=O)CC(C)C. The summed E-state index contributed by atoms with van der Waals surface area (Å²) in [6, 6.07) is 2.71. The van der Waals surface area contributed by atoms with Crippen LogP contribution in [0, 0.1) is 11.8 Å². The Labute approximate surface area is 228 Å². The summed E-state index contributed by atoms with van der Waals surface area (Å²) < 4.78 is 16.9. The first kappa shape index (κ1) is 31.6. The number of nitrogens with one attached hydrogen (secondary N) is 2. The lowest BCUT2D eigenvalue weighted by molar-refractivity contribution is -0.175. The van der Waals surface area contributed by atoms with Gasteiger partial charge in [-0.1, -0.05) is 52.5 Å². The number of anilines is 1. The van der Waals surface area contributed by atoms with Crippen molar-refractivity contribution in [1.82, 2.24) is 5.32 Å². The number of hydrogen-bond acceptors (Lipinski definition) is 9. The number of carbonyl (C=O) groups is 5. The Balaban J connectivity index is 2.33. The number of amides is 2. The van der Waals surface area contributed by atoms with E-state index in [0.717, 1.165) is 19.3 Å². The summed E-state index contributed by atoms with van der Waals surface area (Å²) in [4.78, 5) is 62.9. The van der Waals surface area contributed by atoms with Crippen LogP contribution >= 0.6 is 0 Å². The Morgan fingerprint density at radius 1 is 1.08 bits per heavy atom. The van der Waals surface area contributed by atoms with E-state index in [0.29, 0.717) is 19.3 Å². The molecule has 1 aliphatic heterocycles. The van der Waals surface area contributed by atoms with Crippen LogP contribution in [0.3, 0.4) is 0 Å².